The van der Waals surface area contributed by atoms with Gasteiger partial charge in [-0.3, -0.25) is 9.59 Å². The zero-order chi connectivity index (χ0) is 31.9. The molecular formula is C39H49NO5S. The first-order valence-electron chi connectivity index (χ1n) is 17.7. The molecule has 3 aliphatic carbocycles. The molecule has 0 bridgehead atoms. The molecule has 3 saturated carbocycles. The number of esters is 1. The Hall–Kier alpha value is -2.90. The van der Waals surface area contributed by atoms with Crippen LogP contribution in [0.1, 0.15) is 118 Å². The van der Waals surface area contributed by atoms with Gasteiger partial charge in [0.05, 0.1) is 23.5 Å². The lowest BCUT2D eigenvalue weighted by Crippen LogP contribution is -2.24. The fraction of sp³-hybridized carbons (Fsp3) is 0.564. The zero-order valence-corrected chi connectivity index (χ0v) is 28.2. The number of benzene rings is 2. The Balaban J connectivity index is 1.07. The maximum absolute atomic E-state index is 13.1. The van der Waals surface area contributed by atoms with E-state index in [4.69, 9.17) is 13.7 Å². The van der Waals surface area contributed by atoms with Gasteiger partial charge in [0.1, 0.15) is 11.5 Å². The van der Waals surface area contributed by atoms with Crippen LogP contribution in [0, 0.1) is 23.7 Å². The molecule has 2 aromatic rings. The van der Waals surface area contributed by atoms with Crippen molar-refractivity contribution in [2.45, 2.75) is 109 Å². The van der Waals surface area contributed by atoms with Crippen molar-refractivity contribution in [1.82, 2.24) is 0 Å². The van der Waals surface area contributed by atoms with Gasteiger partial charge in [-0.05, 0) is 118 Å². The molecule has 1 heterocycles. The second-order valence-corrected chi connectivity index (χ2v) is 14.6. The van der Waals surface area contributed by atoms with Crippen LogP contribution in [0.5, 0.6) is 11.5 Å². The minimum absolute atomic E-state index is 0.0890. The molecule has 0 unspecified atom stereocenters. The van der Waals surface area contributed by atoms with Crippen LogP contribution >= 0.6 is 12.0 Å². The van der Waals surface area contributed by atoms with Crippen LogP contribution in [-0.4, -0.2) is 29.4 Å². The number of hydrogen-bond acceptors (Lipinski definition) is 6. The van der Waals surface area contributed by atoms with Crippen molar-refractivity contribution in [2.75, 3.05) is 5.75 Å². The summed E-state index contributed by atoms with van der Waals surface area (Å²) in [6, 6.07) is 13.0. The Labute approximate surface area is 279 Å². The third-order valence-corrected chi connectivity index (χ3v) is 11.7. The molecule has 2 aromatic carbocycles. The van der Waals surface area contributed by atoms with E-state index in [1.807, 2.05) is 36.4 Å². The molecule has 246 valence electrons. The first kappa shape index (κ1) is 33.0. The lowest BCUT2D eigenvalue weighted by molar-refractivity contribution is -0.140. The van der Waals surface area contributed by atoms with Gasteiger partial charge in [0.15, 0.2) is 0 Å². The molecule has 6 rings (SSSR count). The van der Waals surface area contributed by atoms with Gasteiger partial charge in [0.2, 0.25) is 0 Å². The minimum Gasteiger partial charge on any atom is -0.462 e. The van der Waals surface area contributed by atoms with Crippen LogP contribution in [0.2, 0.25) is 0 Å². The number of fused-ring (bicyclic) bond motifs is 1. The maximum Gasteiger partial charge on any atom is 0.314 e. The van der Waals surface area contributed by atoms with E-state index in [1.54, 1.807) is 18.1 Å². The summed E-state index contributed by atoms with van der Waals surface area (Å²) >= 11 is 1.69. The van der Waals surface area contributed by atoms with Crippen LogP contribution in [-0.2, 0) is 15.4 Å². The van der Waals surface area contributed by atoms with Gasteiger partial charge in [-0.1, -0.05) is 57.4 Å². The van der Waals surface area contributed by atoms with Crippen molar-refractivity contribution < 1.29 is 23.2 Å². The number of carbonyl (C=O) groups is 2. The second kappa shape index (κ2) is 15.8. The van der Waals surface area contributed by atoms with E-state index in [2.05, 4.69) is 18.5 Å². The number of amides is 1. The Kier molecular flexibility index (Phi) is 11.3. The Morgan fingerprint density at radius 3 is 2.35 bits per heavy atom. The van der Waals surface area contributed by atoms with E-state index >= 15 is 0 Å². The molecule has 3 fully saturated rings. The van der Waals surface area contributed by atoms with Gasteiger partial charge in [-0.25, -0.2) is 4.99 Å². The Morgan fingerprint density at radius 2 is 1.59 bits per heavy atom. The molecule has 0 aromatic heterocycles. The summed E-state index contributed by atoms with van der Waals surface area (Å²) in [5, 5.41) is 0. The average molecular weight is 644 g/mol. The van der Waals surface area contributed by atoms with Crippen molar-refractivity contribution >= 4 is 29.6 Å². The molecule has 4 aliphatic rings. The van der Waals surface area contributed by atoms with Crippen molar-refractivity contribution in [2.24, 2.45) is 28.7 Å². The molecule has 46 heavy (non-hydrogen) atoms. The fourth-order valence-corrected chi connectivity index (χ4v) is 8.60. The largest absolute Gasteiger partial charge is 0.462 e. The van der Waals surface area contributed by atoms with Crippen LogP contribution in [0.4, 0.5) is 0 Å². The summed E-state index contributed by atoms with van der Waals surface area (Å²) < 4.78 is 18.6. The van der Waals surface area contributed by atoms with E-state index in [9.17, 15) is 9.59 Å². The van der Waals surface area contributed by atoms with E-state index in [1.165, 1.54) is 32.1 Å². The van der Waals surface area contributed by atoms with Gasteiger partial charge in [0.25, 0.3) is 5.91 Å². The second-order valence-electron chi connectivity index (χ2n) is 13.8. The molecule has 7 heteroatoms. The smallest absolute Gasteiger partial charge is 0.314 e. The highest BCUT2D eigenvalue weighted by molar-refractivity contribution is 7.94. The summed E-state index contributed by atoms with van der Waals surface area (Å²) in [7, 11) is 0. The van der Waals surface area contributed by atoms with E-state index in [-0.39, 0.29) is 17.8 Å². The molecule has 0 N–H and O–H groups in total. The molecule has 0 saturated heterocycles. The van der Waals surface area contributed by atoms with Gasteiger partial charge in [-0.2, -0.15) is 0 Å². The fourth-order valence-electron chi connectivity index (χ4n) is 7.61. The number of aliphatic imine (C=N–C) groups is 1. The van der Waals surface area contributed by atoms with Gasteiger partial charge < -0.3 is 13.7 Å². The summed E-state index contributed by atoms with van der Waals surface area (Å²) in [6.07, 6.45) is 16.6. The van der Waals surface area contributed by atoms with Crippen molar-refractivity contribution in [3.63, 3.8) is 0 Å². The normalized spacial score (nSPS) is 25.3. The number of ether oxygens (including phenoxy) is 2. The number of allylic oxidation sites excluding steroid dienone is 1. The van der Waals surface area contributed by atoms with Crippen molar-refractivity contribution in [3.8, 4) is 11.5 Å². The number of nitrogens with zero attached hydrogens (tertiary/aromatic N) is 1. The third kappa shape index (κ3) is 8.32. The number of rotatable bonds is 11. The maximum atomic E-state index is 13.1. The zero-order valence-electron chi connectivity index (χ0n) is 27.3. The van der Waals surface area contributed by atoms with Crippen LogP contribution in [0.15, 0.2) is 59.8 Å². The van der Waals surface area contributed by atoms with Crippen molar-refractivity contribution in [1.29, 1.82) is 0 Å². The van der Waals surface area contributed by atoms with Crippen LogP contribution in [0.25, 0.3) is 0 Å². The summed E-state index contributed by atoms with van der Waals surface area (Å²) in [4.78, 5) is 30.6. The Bertz CT molecular complexity index is 1410. The highest BCUT2D eigenvalue weighted by Crippen LogP contribution is 2.38. The highest BCUT2D eigenvalue weighted by atomic mass is 32.2. The molecule has 0 atom stereocenters. The molecule has 6 nitrogen and oxygen atoms in total. The van der Waals surface area contributed by atoms with Gasteiger partial charge in [0, 0.05) is 29.2 Å². The van der Waals surface area contributed by atoms with Gasteiger partial charge in [-0.15, -0.1) is 0 Å². The third-order valence-electron chi connectivity index (χ3n) is 10.7. The van der Waals surface area contributed by atoms with E-state index in [0.29, 0.717) is 52.7 Å². The minimum atomic E-state index is -0.277. The summed E-state index contributed by atoms with van der Waals surface area (Å²) in [6.45, 7) is 6.63. The first-order chi connectivity index (χ1) is 22.5. The standard InChI is InChI=1S/C39H49NO5S/c1-3-27-15-19-32(20-16-27)45-46-25-28-13-17-29(18-14-28)26(2)43-33-21-22-37(44-39(42)30-9-5-4-6-10-30)35(24-33)36-23-31-11-7-8-12-34(31)38(41)40-36/h7-8,11-12,21-22,24,27-30,32H,2-6,9-10,13-20,23,25H2,1H3. The lowest BCUT2D eigenvalue weighted by atomic mass is 9.82. The van der Waals surface area contributed by atoms with Crippen molar-refractivity contribution in [3.05, 3.63) is 71.5 Å². The monoisotopic (exact) mass is 643 g/mol. The van der Waals surface area contributed by atoms with Gasteiger partial charge >= 0.3 is 5.97 Å². The van der Waals surface area contributed by atoms with E-state index < -0.39 is 0 Å². The van der Waals surface area contributed by atoms with Crippen LogP contribution in [0.3, 0.4) is 0 Å². The van der Waals surface area contributed by atoms with E-state index in [0.717, 1.165) is 80.8 Å². The first-order valence-corrected chi connectivity index (χ1v) is 18.6. The number of hydrogen-bond donors (Lipinski definition) is 0. The predicted octanol–water partition coefficient (Wildman–Crippen LogP) is 9.69. The molecule has 0 radical (unpaired) electrons. The SMILES string of the molecule is C=C(Oc1ccc(OC(=O)C2CCCCC2)c(C2=NC(=O)c3ccccc3C2)c1)C1CCC(CSOC2CCC(CC)CC2)CC1. The topological polar surface area (TPSA) is 74.2 Å². The molecular weight excluding hydrogens is 594 g/mol. The summed E-state index contributed by atoms with van der Waals surface area (Å²) in [5.41, 5.74) is 2.75. The molecule has 1 aliphatic heterocycles. The lowest BCUT2D eigenvalue weighted by Gasteiger charge is -2.30. The average Bonchev–Trinajstić information content (AvgIpc) is 3.10. The van der Waals surface area contributed by atoms with Crippen LogP contribution < -0.4 is 9.47 Å². The summed E-state index contributed by atoms with van der Waals surface area (Å²) in [5.74, 6) is 4.15. The molecule has 1 amide bonds. The highest BCUT2D eigenvalue weighted by Gasteiger charge is 2.29. The number of carbonyl (C=O) groups excluding carboxylic acids is 2. The molecule has 0 spiro atoms. The predicted molar refractivity (Wildman–Crippen MR) is 184 cm³/mol. The quantitative estimate of drug-likeness (QED) is 0.105. The Morgan fingerprint density at radius 1 is 0.848 bits per heavy atom.